The lowest BCUT2D eigenvalue weighted by molar-refractivity contribution is 0.0770. The first-order chi connectivity index (χ1) is 9.00. The average molecular weight is 277 g/mol. The fourth-order valence-electron chi connectivity index (χ4n) is 2.39. The van der Waals surface area contributed by atoms with E-state index in [2.05, 4.69) is 0 Å². The van der Waals surface area contributed by atoms with Crippen LogP contribution in [0.25, 0.3) is 0 Å². The third kappa shape index (κ3) is 2.87. The summed E-state index contributed by atoms with van der Waals surface area (Å²) in [6.45, 7) is 0.729. The van der Waals surface area contributed by atoms with Crippen LogP contribution in [0.2, 0.25) is 0 Å². The number of benzene rings is 1. The van der Waals surface area contributed by atoms with E-state index in [-0.39, 0.29) is 11.9 Å². The lowest BCUT2D eigenvalue weighted by Gasteiger charge is -2.24. The quantitative estimate of drug-likeness (QED) is 0.853. The van der Waals surface area contributed by atoms with E-state index in [9.17, 15) is 4.79 Å². The molecule has 1 aromatic carbocycles. The van der Waals surface area contributed by atoms with Crippen LogP contribution in [0.1, 0.15) is 23.2 Å². The van der Waals surface area contributed by atoms with Gasteiger partial charge in [0.15, 0.2) is 0 Å². The summed E-state index contributed by atoms with van der Waals surface area (Å²) in [4.78, 5) is 16.7. The molecule has 0 aromatic heterocycles. The maximum Gasteiger partial charge on any atom is 0.254 e. The van der Waals surface area contributed by atoms with Crippen molar-refractivity contribution in [2.24, 2.45) is 5.73 Å². The summed E-state index contributed by atoms with van der Waals surface area (Å²) in [6.07, 6.45) is 1.83. The van der Waals surface area contributed by atoms with Gasteiger partial charge in [0.2, 0.25) is 0 Å². The average Bonchev–Trinajstić information content (AvgIpc) is 2.87. The van der Waals surface area contributed by atoms with Crippen molar-refractivity contribution in [2.45, 2.75) is 18.9 Å². The molecule has 1 heterocycles. The van der Waals surface area contributed by atoms with Crippen molar-refractivity contribution >= 4 is 28.8 Å². The van der Waals surface area contributed by atoms with Crippen molar-refractivity contribution in [1.82, 2.24) is 4.90 Å². The van der Waals surface area contributed by atoms with Crippen LogP contribution in [0.5, 0.6) is 0 Å². The van der Waals surface area contributed by atoms with E-state index in [1.54, 1.807) is 4.90 Å². The minimum absolute atomic E-state index is 0.0130. The Balaban J connectivity index is 2.24. The molecule has 19 heavy (non-hydrogen) atoms. The van der Waals surface area contributed by atoms with Crippen molar-refractivity contribution in [3.63, 3.8) is 0 Å². The van der Waals surface area contributed by atoms with E-state index >= 15 is 0 Å². The summed E-state index contributed by atoms with van der Waals surface area (Å²) in [5.74, 6) is 0.0130. The molecule has 4 nitrogen and oxygen atoms in total. The van der Waals surface area contributed by atoms with Gasteiger partial charge in [-0.15, -0.1) is 0 Å². The molecule has 1 amide bonds. The second kappa shape index (κ2) is 5.57. The molecule has 1 fully saturated rings. The molecular weight excluding hydrogens is 258 g/mol. The maximum atomic E-state index is 12.5. The number of anilines is 1. The molecule has 0 saturated carbocycles. The van der Waals surface area contributed by atoms with E-state index in [1.807, 2.05) is 43.3 Å². The van der Waals surface area contributed by atoms with E-state index in [1.165, 1.54) is 0 Å². The minimum Gasteiger partial charge on any atom is -0.392 e. The highest BCUT2D eigenvalue weighted by Gasteiger charge is 2.31. The van der Waals surface area contributed by atoms with E-state index in [0.717, 1.165) is 25.1 Å². The lowest BCUT2D eigenvalue weighted by atomic mass is 10.1. The first kappa shape index (κ1) is 13.8. The van der Waals surface area contributed by atoms with Crippen LogP contribution in [0.4, 0.5) is 5.69 Å². The Hall–Kier alpha value is -1.62. The first-order valence-electron chi connectivity index (χ1n) is 6.38. The summed E-state index contributed by atoms with van der Waals surface area (Å²) in [5.41, 5.74) is 7.41. The number of thiocarbonyl (C=S) groups is 1. The standard InChI is InChI=1S/C14H19N3OS/c1-16(2)11-6-3-5-10(9-11)14(18)17-8-4-7-12(17)13(15)19/h3,5-6,9,12H,4,7-8H2,1-2H3,(H2,15,19). The van der Waals surface area contributed by atoms with Crippen molar-refractivity contribution < 1.29 is 4.79 Å². The van der Waals surface area contributed by atoms with Gasteiger partial charge in [-0.3, -0.25) is 4.79 Å². The van der Waals surface area contributed by atoms with Gasteiger partial charge in [0.05, 0.1) is 11.0 Å². The molecule has 1 saturated heterocycles. The maximum absolute atomic E-state index is 12.5. The second-order valence-corrected chi connectivity index (χ2v) is 5.48. The van der Waals surface area contributed by atoms with Gasteiger partial charge in [0, 0.05) is 31.9 Å². The highest BCUT2D eigenvalue weighted by molar-refractivity contribution is 7.80. The van der Waals surface area contributed by atoms with Gasteiger partial charge < -0.3 is 15.5 Å². The highest BCUT2D eigenvalue weighted by atomic mass is 32.1. The third-order valence-electron chi connectivity index (χ3n) is 3.45. The molecule has 0 bridgehead atoms. The molecule has 1 aromatic rings. The Morgan fingerprint density at radius 3 is 2.84 bits per heavy atom. The van der Waals surface area contributed by atoms with Crippen molar-refractivity contribution in [3.05, 3.63) is 29.8 Å². The molecule has 2 N–H and O–H groups in total. The molecular formula is C14H19N3OS. The number of hydrogen-bond donors (Lipinski definition) is 1. The zero-order valence-corrected chi connectivity index (χ0v) is 12.1. The SMILES string of the molecule is CN(C)c1cccc(C(=O)N2CCCC2C(N)=S)c1. The van der Waals surface area contributed by atoms with E-state index in [0.29, 0.717) is 10.6 Å². The van der Waals surface area contributed by atoms with Crippen LogP contribution in [0, 0.1) is 0 Å². The van der Waals surface area contributed by atoms with Gasteiger partial charge in [-0.2, -0.15) is 0 Å². The molecule has 102 valence electrons. The van der Waals surface area contributed by atoms with Crippen LogP contribution < -0.4 is 10.6 Å². The highest BCUT2D eigenvalue weighted by Crippen LogP contribution is 2.22. The molecule has 2 rings (SSSR count). The van der Waals surface area contributed by atoms with Crippen LogP contribution in [-0.4, -0.2) is 42.5 Å². The van der Waals surface area contributed by atoms with Crippen molar-refractivity contribution in [2.75, 3.05) is 25.5 Å². The zero-order chi connectivity index (χ0) is 14.0. The number of carbonyl (C=O) groups excluding carboxylic acids is 1. The van der Waals surface area contributed by atoms with Gasteiger partial charge in [0.25, 0.3) is 5.91 Å². The fourth-order valence-corrected chi connectivity index (χ4v) is 2.63. The second-order valence-electron chi connectivity index (χ2n) is 5.00. The Morgan fingerprint density at radius 1 is 1.47 bits per heavy atom. The third-order valence-corrected chi connectivity index (χ3v) is 3.72. The van der Waals surface area contributed by atoms with Gasteiger partial charge in [-0.1, -0.05) is 18.3 Å². The van der Waals surface area contributed by atoms with Gasteiger partial charge in [0.1, 0.15) is 0 Å². The number of likely N-dealkylation sites (tertiary alicyclic amines) is 1. The lowest BCUT2D eigenvalue weighted by Crippen LogP contribution is -2.42. The van der Waals surface area contributed by atoms with Gasteiger partial charge in [-0.05, 0) is 31.0 Å². The number of carbonyl (C=O) groups is 1. The van der Waals surface area contributed by atoms with Crippen LogP contribution in [0.15, 0.2) is 24.3 Å². The number of amides is 1. The van der Waals surface area contributed by atoms with Crippen molar-refractivity contribution in [3.8, 4) is 0 Å². The minimum atomic E-state index is -0.0921. The molecule has 1 aliphatic rings. The smallest absolute Gasteiger partial charge is 0.254 e. The summed E-state index contributed by atoms with van der Waals surface area (Å²) >= 11 is 5.04. The molecule has 0 radical (unpaired) electrons. The Labute approximate surface area is 119 Å². The molecule has 1 unspecified atom stereocenters. The Kier molecular flexibility index (Phi) is 4.04. The summed E-state index contributed by atoms with van der Waals surface area (Å²) < 4.78 is 0. The molecule has 5 heteroatoms. The Morgan fingerprint density at radius 2 is 2.21 bits per heavy atom. The molecule has 1 aliphatic heterocycles. The number of nitrogens with zero attached hydrogens (tertiary/aromatic N) is 2. The Bertz CT molecular complexity index is 501. The van der Waals surface area contributed by atoms with E-state index < -0.39 is 0 Å². The molecule has 0 spiro atoms. The first-order valence-corrected chi connectivity index (χ1v) is 6.79. The van der Waals surface area contributed by atoms with Crippen molar-refractivity contribution in [1.29, 1.82) is 0 Å². The summed E-state index contributed by atoms with van der Waals surface area (Å²) in [7, 11) is 3.91. The predicted molar refractivity (Wildman–Crippen MR) is 81.6 cm³/mol. The fraction of sp³-hybridized carbons (Fsp3) is 0.429. The van der Waals surface area contributed by atoms with Crippen LogP contribution in [-0.2, 0) is 0 Å². The number of hydrogen-bond acceptors (Lipinski definition) is 3. The van der Waals surface area contributed by atoms with Gasteiger partial charge >= 0.3 is 0 Å². The summed E-state index contributed by atoms with van der Waals surface area (Å²) in [5, 5.41) is 0. The van der Waals surface area contributed by atoms with Crippen LogP contribution in [0.3, 0.4) is 0 Å². The number of rotatable bonds is 3. The van der Waals surface area contributed by atoms with E-state index in [4.69, 9.17) is 18.0 Å². The summed E-state index contributed by atoms with van der Waals surface area (Å²) in [6, 6.07) is 7.52. The molecule has 0 aliphatic carbocycles. The normalized spacial score (nSPS) is 18.4. The molecule has 1 atom stereocenters. The topological polar surface area (TPSA) is 49.6 Å². The predicted octanol–water partition coefficient (Wildman–Crippen LogP) is 1.64. The monoisotopic (exact) mass is 277 g/mol. The van der Waals surface area contributed by atoms with Gasteiger partial charge in [-0.25, -0.2) is 0 Å². The van der Waals surface area contributed by atoms with Crippen LogP contribution >= 0.6 is 12.2 Å². The number of nitrogens with two attached hydrogens (primary N) is 1. The largest absolute Gasteiger partial charge is 0.392 e. The zero-order valence-electron chi connectivity index (χ0n) is 11.3.